The summed E-state index contributed by atoms with van der Waals surface area (Å²) in [5.41, 5.74) is 0.0897. The first-order valence-electron chi connectivity index (χ1n) is 5.55. The van der Waals surface area contributed by atoms with Gasteiger partial charge in [0, 0.05) is 23.0 Å². The van der Waals surface area contributed by atoms with Crippen molar-refractivity contribution >= 4 is 0 Å². The van der Waals surface area contributed by atoms with E-state index in [4.69, 9.17) is 0 Å². The number of allylic oxidation sites excluding steroid dienone is 4. The summed E-state index contributed by atoms with van der Waals surface area (Å²) in [4.78, 5) is 13.5. The van der Waals surface area contributed by atoms with Gasteiger partial charge < -0.3 is 0 Å². The summed E-state index contributed by atoms with van der Waals surface area (Å²) in [5.74, 6) is 0.169. The summed E-state index contributed by atoms with van der Waals surface area (Å²) in [7, 11) is 1.95. The fraction of sp³-hybridized carbons (Fsp3) is 0.500. The van der Waals surface area contributed by atoms with Gasteiger partial charge in [-0.15, -0.1) is 0 Å². The Labute approximate surface area is 94.1 Å². The van der Waals surface area contributed by atoms with E-state index in [1.54, 1.807) is 0 Å². The standard InChI is InChI=1S/C12H14N2O2/c1-13-7-10-6-5-9-3-2-4-11(9)12(10,8-13)14(15)16/h2-6,9-10H,7-8H2,1H3. The summed E-state index contributed by atoms with van der Waals surface area (Å²) < 4.78 is 0. The van der Waals surface area contributed by atoms with E-state index in [1.165, 1.54) is 0 Å². The van der Waals surface area contributed by atoms with E-state index >= 15 is 0 Å². The number of rotatable bonds is 1. The molecule has 1 fully saturated rings. The second-order valence-corrected chi connectivity index (χ2v) is 4.90. The molecule has 2 aliphatic carbocycles. The maximum atomic E-state index is 11.5. The van der Waals surface area contributed by atoms with Crippen molar-refractivity contribution in [3.63, 3.8) is 0 Å². The van der Waals surface area contributed by atoms with Crippen molar-refractivity contribution < 1.29 is 4.92 Å². The highest BCUT2D eigenvalue weighted by molar-refractivity contribution is 5.43. The van der Waals surface area contributed by atoms with Crippen molar-refractivity contribution in [2.75, 3.05) is 20.1 Å². The molecule has 0 bridgehead atoms. The Balaban J connectivity index is 2.14. The minimum Gasteiger partial charge on any atom is -0.298 e. The summed E-state index contributed by atoms with van der Waals surface area (Å²) in [6.07, 6.45) is 10.0. The second kappa shape index (κ2) is 3.04. The zero-order chi connectivity index (χ0) is 11.3. The lowest BCUT2D eigenvalue weighted by molar-refractivity contribution is -0.561. The van der Waals surface area contributed by atoms with E-state index in [0.717, 1.165) is 12.1 Å². The predicted octanol–water partition coefficient (Wildman–Crippen LogP) is 1.25. The Morgan fingerprint density at radius 2 is 2.31 bits per heavy atom. The number of nitrogens with zero attached hydrogens (tertiary/aromatic N) is 2. The van der Waals surface area contributed by atoms with Crippen molar-refractivity contribution in [3.8, 4) is 0 Å². The van der Waals surface area contributed by atoms with Crippen LogP contribution in [0.4, 0.5) is 0 Å². The first-order valence-corrected chi connectivity index (χ1v) is 5.55. The van der Waals surface area contributed by atoms with Gasteiger partial charge in [0.15, 0.2) is 0 Å². The molecule has 1 saturated heterocycles. The van der Waals surface area contributed by atoms with E-state index in [2.05, 4.69) is 11.0 Å². The summed E-state index contributed by atoms with van der Waals surface area (Å²) >= 11 is 0. The van der Waals surface area contributed by atoms with Crippen molar-refractivity contribution in [2.45, 2.75) is 5.54 Å². The lowest BCUT2D eigenvalue weighted by Gasteiger charge is -2.32. The van der Waals surface area contributed by atoms with Gasteiger partial charge in [-0.2, -0.15) is 0 Å². The average molecular weight is 218 g/mol. The van der Waals surface area contributed by atoms with E-state index in [1.807, 2.05) is 31.4 Å². The first-order chi connectivity index (χ1) is 7.64. The van der Waals surface area contributed by atoms with Crippen LogP contribution in [0.1, 0.15) is 0 Å². The normalized spacial score (nSPS) is 40.7. The van der Waals surface area contributed by atoms with Crippen LogP contribution in [0.25, 0.3) is 0 Å². The summed E-state index contributed by atoms with van der Waals surface area (Å²) in [5, 5.41) is 11.5. The highest BCUT2D eigenvalue weighted by Gasteiger charge is 2.60. The average Bonchev–Trinajstić information content (AvgIpc) is 2.79. The number of nitro groups is 1. The van der Waals surface area contributed by atoms with Crippen LogP contribution >= 0.6 is 0 Å². The van der Waals surface area contributed by atoms with Crippen molar-refractivity contribution in [3.05, 3.63) is 46.1 Å². The fourth-order valence-electron chi connectivity index (χ4n) is 3.25. The van der Waals surface area contributed by atoms with Crippen LogP contribution < -0.4 is 0 Å². The van der Waals surface area contributed by atoms with E-state index in [9.17, 15) is 10.1 Å². The minimum absolute atomic E-state index is 0.0231. The molecule has 0 aromatic carbocycles. The van der Waals surface area contributed by atoms with Gasteiger partial charge in [-0.25, -0.2) is 0 Å². The lowest BCUT2D eigenvalue weighted by atomic mass is 9.72. The van der Waals surface area contributed by atoms with Gasteiger partial charge in [-0.1, -0.05) is 30.4 Å². The van der Waals surface area contributed by atoms with Gasteiger partial charge in [0.25, 0.3) is 5.54 Å². The zero-order valence-electron chi connectivity index (χ0n) is 9.17. The minimum atomic E-state index is -0.877. The summed E-state index contributed by atoms with van der Waals surface area (Å²) in [6, 6.07) is 0. The zero-order valence-corrected chi connectivity index (χ0v) is 9.17. The molecule has 3 atom stereocenters. The molecule has 0 spiro atoms. The molecule has 0 radical (unpaired) electrons. The molecule has 1 aliphatic heterocycles. The molecule has 0 saturated carbocycles. The maximum absolute atomic E-state index is 11.5. The monoisotopic (exact) mass is 218 g/mol. The molecule has 3 unspecified atom stereocenters. The van der Waals surface area contributed by atoms with Gasteiger partial charge in [-0.05, 0) is 7.05 Å². The number of hydrogen-bond donors (Lipinski definition) is 0. The van der Waals surface area contributed by atoms with Crippen LogP contribution in [0.3, 0.4) is 0 Å². The van der Waals surface area contributed by atoms with E-state index < -0.39 is 5.54 Å². The predicted molar refractivity (Wildman–Crippen MR) is 60.6 cm³/mol. The Morgan fingerprint density at radius 1 is 1.50 bits per heavy atom. The highest BCUT2D eigenvalue weighted by atomic mass is 16.6. The molecule has 0 aromatic rings. The van der Waals surface area contributed by atoms with Crippen LogP contribution in [-0.4, -0.2) is 35.5 Å². The van der Waals surface area contributed by atoms with Crippen LogP contribution in [0.15, 0.2) is 36.0 Å². The Morgan fingerprint density at radius 3 is 3.06 bits per heavy atom. The van der Waals surface area contributed by atoms with Crippen LogP contribution in [0.5, 0.6) is 0 Å². The molecule has 1 heterocycles. The molecule has 3 rings (SSSR count). The Hall–Kier alpha value is -1.42. The molecular weight excluding hydrogens is 204 g/mol. The molecule has 3 aliphatic rings. The number of hydrogen-bond acceptors (Lipinski definition) is 3. The quantitative estimate of drug-likeness (QED) is 0.378. The smallest absolute Gasteiger partial charge is 0.264 e. The van der Waals surface area contributed by atoms with Gasteiger partial charge >= 0.3 is 0 Å². The van der Waals surface area contributed by atoms with Crippen molar-refractivity contribution in [2.24, 2.45) is 11.8 Å². The van der Waals surface area contributed by atoms with Crippen molar-refractivity contribution in [1.29, 1.82) is 0 Å². The third-order valence-electron chi connectivity index (χ3n) is 3.96. The number of likely N-dealkylation sites (N-methyl/N-ethyl adjacent to an activating group) is 1. The first kappa shape index (κ1) is 9.78. The highest BCUT2D eigenvalue weighted by Crippen LogP contribution is 2.46. The Kier molecular flexibility index (Phi) is 1.86. The van der Waals surface area contributed by atoms with E-state index in [-0.39, 0.29) is 16.8 Å². The largest absolute Gasteiger partial charge is 0.298 e. The molecular formula is C12H14N2O2. The van der Waals surface area contributed by atoms with Gasteiger partial charge in [0.1, 0.15) is 0 Å². The number of fused-ring (bicyclic) bond motifs is 3. The molecule has 0 amide bonds. The molecule has 4 nitrogen and oxygen atoms in total. The molecule has 16 heavy (non-hydrogen) atoms. The Bertz CT molecular complexity index is 438. The third-order valence-corrected chi connectivity index (χ3v) is 3.96. The maximum Gasteiger partial charge on any atom is 0.264 e. The van der Waals surface area contributed by atoms with Crippen LogP contribution in [-0.2, 0) is 0 Å². The third kappa shape index (κ3) is 1.02. The van der Waals surface area contributed by atoms with Crippen LogP contribution in [0, 0.1) is 22.0 Å². The summed E-state index contributed by atoms with van der Waals surface area (Å²) in [6.45, 7) is 1.31. The molecule has 84 valence electrons. The lowest BCUT2D eigenvalue weighted by Crippen LogP contribution is -2.50. The van der Waals surface area contributed by atoms with E-state index in [0.29, 0.717) is 6.54 Å². The van der Waals surface area contributed by atoms with Gasteiger partial charge in [0.2, 0.25) is 0 Å². The van der Waals surface area contributed by atoms with Gasteiger partial charge in [-0.3, -0.25) is 15.0 Å². The molecule has 0 N–H and O–H groups in total. The van der Waals surface area contributed by atoms with Gasteiger partial charge in [0.05, 0.1) is 12.5 Å². The second-order valence-electron chi connectivity index (χ2n) is 4.90. The number of likely N-dealkylation sites (tertiary alicyclic amines) is 1. The molecule has 4 heteroatoms. The van der Waals surface area contributed by atoms with Crippen LogP contribution in [0.2, 0.25) is 0 Å². The topological polar surface area (TPSA) is 46.4 Å². The molecule has 0 aromatic heterocycles. The SMILES string of the molecule is CN1CC2C=CC3C=CC=C3C2([N+](=O)[O-])C1. The van der Waals surface area contributed by atoms with Crippen molar-refractivity contribution in [1.82, 2.24) is 4.90 Å². The fourth-order valence-corrected chi connectivity index (χ4v) is 3.25.